The molecule has 2 N–H and O–H groups in total. The summed E-state index contributed by atoms with van der Waals surface area (Å²) in [5.74, 6) is 0.0498. The topological polar surface area (TPSA) is 87.7 Å². The molecule has 170 valence electrons. The molecule has 2 atom stereocenters. The SMILES string of the molecule is CC(=O)Nc1ccc(C2OC(=O)N(Cc3ccc(C)cc3)C2C(=O)NCCC(C)C)cc1. The summed E-state index contributed by atoms with van der Waals surface area (Å²) in [6, 6.07) is 14.1. The molecule has 2 aromatic carbocycles. The molecule has 2 aromatic rings. The average molecular weight is 438 g/mol. The Morgan fingerprint density at radius 2 is 1.72 bits per heavy atom. The van der Waals surface area contributed by atoms with E-state index in [0.29, 0.717) is 23.7 Å². The van der Waals surface area contributed by atoms with E-state index in [4.69, 9.17) is 4.74 Å². The van der Waals surface area contributed by atoms with E-state index in [9.17, 15) is 14.4 Å². The van der Waals surface area contributed by atoms with Crippen molar-refractivity contribution in [3.63, 3.8) is 0 Å². The van der Waals surface area contributed by atoms with Crippen molar-refractivity contribution >= 4 is 23.6 Å². The van der Waals surface area contributed by atoms with Gasteiger partial charge < -0.3 is 15.4 Å². The molecular weight excluding hydrogens is 406 g/mol. The summed E-state index contributed by atoms with van der Waals surface area (Å²) in [6.07, 6.45) is -0.412. The Hall–Kier alpha value is -3.35. The van der Waals surface area contributed by atoms with Gasteiger partial charge in [-0.05, 0) is 42.5 Å². The fourth-order valence-electron chi connectivity index (χ4n) is 3.65. The number of ether oxygens (including phenoxy) is 1. The standard InChI is InChI=1S/C25H31N3O4/c1-16(2)13-14-26-24(30)22-23(20-9-11-21(12-10-20)27-18(4)29)32-25(31)28(22)15-19-7-5-17(3)6-8-19/h5-12,16,22-23H,13-15H2,1-4H3,(H,26,30)(H,27,29). The summed E-state index contributed by atoms with van der Waals surface area (Å²) in [7, 11) is 0. The zero-order valence-electron chi connectivity index (χ0n) is 19.1. The lowest BCUT2D eigenvalue weighted by molar-refractivity contribution is -0.126. The van der Waals surface area contributed by atoms with Crippen molar-refractivity contribution in [2.45, 2.75) is 52.8 Å². The van der Waals surface area contributed by atoms with Crippen molar-refractivity contribution < 1.29 is 19.1 Å². The van der Waals surface area contributed by atoms with Gasteiger partial charge in [-0.25, -0.2) is 4.79 Å². The van der Waals surface area contributed by atoms with E-state index in [-0.39, 0.29) is 18.4 Å². The molecular formula is C25H31N3O4. The molecule has 3 amide bonds. The minimum absolute atomic E-state index is 0.170. The van der Waals surface area contributed by atoms with Gasteiger partial charge in [-0.2, -0.15) is 0 Å². The smallest absolute Gasteiger partial charge is 0.411 e. The number of benzene rings is 2. The Bertz CT molecular complexity index is 954. The van der Waals surface area contributed by atoms with Gasteiger partial charge in [0, 0.05) is 19.2 Å². The van der Waals surface area contributed by atoms with Crippen molar-refractivity contribution in [1.29, 1.82) is 0 Å². The zero-order valence-corrected chi connectivity index (χ0v) is 19.1. The molecule has 7 heteroatoms. The highest BCUT2D eigenvalue weighted by Crippen LogP contribution is 2.34. The van der Waals surface area contributed by atoms with E-state index in [1.54, 1.807) is 24.3 Å². The van der Waals surface area contributed by atoms with Gasteiger partial charge in [0.1, 0.15) is 0 Å². The lowest BCUT2D eigenvalue weighted by atomic mass is 10.00. The van der Waals surface area contributed by atoms with Crippen LogP contribution in [0, 0.1) is 12.8 Å². The average Bonchev–Trinajstić information content (AvgIpc) is 3.05. The molecule has 2 unspecified atom stereocenters. The van der Waals surface area contributed by atoms with Crippen LogP contribution in [0.2, 0.25) is 0 Å². The number of amides is 3. The molecule has 1 heterocycles. The highest BCUT2D eigenvalue weighted by molar-refractivity contribution is 5.90. The molecule has 3 rings (SSSR count). The van der Waals surface area contributed by atoms with E-state index in [0.717, 1.165) is 17.5 Å². The largest absolute Gasteiger partial charge is 0.438 e. The van der Waals surface area contributed by atoms with Gasteiger partial charge in [-0.1, -0.05) is 55.8 Å². The second-order valence-corrected chi connectivity index (χ2v) is 8.64. The predicted molar refractivity (Wildman–Crippen MR) is 123 cm³/mol. The molecule has 0 saturated carbocycles. The Labute approximate surface area is 189 Å². The number of hydrogen-bond donors (Lipinski definition) is 2. The number of nitrogens with one attached hydrogen (secondary N) is 2. The van der Waals surface area contributed by atoms with Crippen molar-refractivity contribution in [3.8, 4) is 0 Å². The first-order chi connectivity index (χ1) is 15.2. The number of cyclic esters (lactones) is 1. The summed E-state index contributed by atoms with van der Waals surface area (Å²) >= 11 is 0. The van der Waals surface area contributed by atoms with E-state index in [2.05, 4.69) is 24.5 Å². The number of aryl methyl sites for hydroxylation is 1. The lowest BCUT2D eigenvalue weighted by Gasteiger charge is -2.24. The summed E-state index contributed by atoms with van der Waals surface area (Å²) < 4.78 is 5.68. The molecule has 0 bridgehead atoms. The highest BCUT2D eigenvalue weighted by atomic mass is 16.6. The second-order valence-electron chi connectivity index (χ2n) is 8.64. The van der Waals surface area contributed by atoms with Crippen LogP contribution in [0.1, 0.15) is 50.0 Å². The van der Waals surface area contributed by atoms with E-state index in [1.807, 2.05) is 31.2 Å². The van der Waals surface area contributed by atoms with E-state index in [1.165, 1.54) is 11.8 Å². The first kappa shape index (κ1) is 23.3. The Morgan fingerprint density at radius 1 is 1.06 bits per heavy atom. The first-order valence-electron chi connectivity index (χ1n) is 10.9. The van der Waals surface area contributed by atoms with E-state index < -0.39 is 18.2 Å². The van der Waals surface area contributed by atoms with Crippen molar-refractivity contribution in [1.82, 2.24) is 10.2 Å². The lowest BCUT2D eigenvalue weighted by Crippen LogP contribution is -2.46. The molecule has 0 aromatic heterocycles. The van der Waals surface area contributed by atoms with Crippen LogP contribution >= 0.6 is 0 Å². The Morgan fingerprint density at radius 3 is 2.31 bits per heavy atom. The van der Waals surface area contributed by atoms with Crippen LogP contribution in [0.5, 0.6) is 0 Å². The minimum Gasteiger partial charge on any atom is -0.438 e. The molecule has 7 nitrogen and oxygen atoms in total. The molecule has 1 fully saturated rings. The van der Waals surface area contributed by atoms with Crippen LogP contribution in [0.25, 0.3) is 0 Å². The molecule has 32 heavy (non-hydrogen) atoms. The number of nitrogens with zero attached hydrogens (tertiary/aromatic N) is 1. The van der Waals surface area contributed by atoms with Gasteiger partial charge in [0.2, 0.25) is 11.8 Å². The van der Waals surface area contributed by atoms with Gasteiger partial charge in [0.25, 0.3) is 0 Å². The van der Waals surface area contributed by atoms with Crippen LogP contribution in [0.3, 0.4) is 0 Å². The van der Waals surface area contributed by atoms with Crippen LogP contribution in [-0.2, 0) is 20.9 Å². The number of hydrogen-bond acceptors (Lipinski definition) is 4. The summed E-state index contributed by atoms with van der Waals surface area (Å²) in [4.78, 5) is 38.8. The normalized spacial score (nSPS) is 17.9. The number of rotatable bonds is 8. The monoisotopic (exact) mass is 437 g/mol. The fraction of sp³-hybridized carbons (Fsp3) is 0.400. The molecule has 0 aliphatic carbocycles. The molecule has 1 aliphatic heterocycles. The maximum atomic E-state index is 13.2. The maximum absolute atomic E-state index is 13.2. The molecule has 0 spiro atoms. The number of carbonyl (C=O) groups excluding carboxylic acids is 3. The van der Waals surface area contributed by atoms with Crippen molar-refractivity contribution in [2.75, 3.05) is 11.9 Å². The minimum atomic E-state index is -0.789. The van der Waals surface area contributed by atoms with Gasteiger partial charge in [0.05, 0.1) is 6.54 Å². The van der Waals surface area contributed by atoms with Crippen LogP contribution in [0.15, 0.2) is 48.5 Å². The number of anilines is 1. The maximum Gasteiger partial charge on any atom is 0.411 e. The predicted octanol–water partition coefficient (Wildman–Crippen LogP) is 4.18. The van der Waals surface area contributed by atoms with Gasteiger partial charge >= 0.3 is 6.09 Å². The summed E-state index contributed by atoms with van der Waals surface area (Å²) in [5, 5.41) is 5.68. The van der Waals surface area contributed by atoms with Crippen LogP contribution < -0.4 is 10.6 Å². The Kier molecular flexibility index (Phi) is 7.51. The summed E-state index contributed by atoms with van der Waals surface area (Å²) in [6.45, 7) is 8.44. The van der Waals surface area contributed by atoms with Crippen molar-refractivity contribution in [3.05, 3.63) is 65.2 Å². The van der Waals surface area contributed by atoms with Gasteiger partial charge in [-0.15, -0.1) is 0 Å². The van der Waals surface area contributed by atoms with E-state index >= 15 is 0 Å². The third-order valence-corrected chi connectivity index (χ3v) is 5.41. The highest BCUT2D eigenvalue weighted by Gasteiger charge is 2.46. The third-order valence-electron chi connectivity index (χ3n) is 5.41. The Balaban J connectivity index is 1.85. The van der Waals surface area contributed by atoms with Crippen molar-refractivity contribution in [2.24, 2.45) is 5.92 Å². The zero-order chi connectivity index (χ0) is 23.3. The fourth-order valence-corrected chi connectivity index (χ4v) is 3.65. The quantitative estimate of drug-likeness (QED) is 0.649. The summed E-state index contributed by atoms with van der Waals surface area (Å²) in [5.41, 5.74) is 3.38. The molecule has 0 radical (unpaired) electrons. The molecule has 1 aliphatic rings. The van der Waals surface area contributed by atoms with Crippen LogP contribution in [0.4, 0.5) is 10.5 Å². The third kappa shape index (κ3) is 5.87. The number of carbonyl (C=O) groups is 3. The molecule has 1 saturated heterocycles. The van der Waals surface area contributed by atoms with Gasteiger partial charge in [-0.3, -0.25) is 14.5 Å². The first-order valence-corrected chi connectivity index (χ1v) is 10.9. The van der Waals surface area contributed by atoms with Gasteiger partial charge in [0.15, 0.2) is 12.1 Å². The second kappa shape index (κ2) is 10.3. The van der Waals surface area contributed by atoms with Crippen LogP contribution in [-0.4, -0.2) is 35.4 Å².